The summed E-state index contributed by atoms with van der Waals surface area (Å²) in [6, 6.07) is 8.76. The average Bonchev–Trinajstić information content (AvgIpc) is 2.76. The Morgan fingerprint density at radius 2 is 1.94 bits per heavy atom. The van der Waals surface area contributed by atoms with Crippen molar-refractivity contribution in [2.45, 2.75) is 27.2 Å². The maximum absolute atomic E-state index is 2.37. The number of para-hydroxylation sites is 1. The summed E-state index contributed by atoms with van der Waals surface area (Å²) in [5.74, 6) is 0.667. The molecule has 0 spiro atoms. The minimum Gasteiger partial charge on any atom is -0.344 e. The molecule has 1 aliphatic carbocycles. The van der Waals surface area contributed by atoms with Gasteiger partial charge in [-0.05, 0) is 43.4 Å². The highest BCUT2D eigenvalue weighted by atomic mass is 15.0. The molecule has 1 heterocycles. The van der Waals surface area contributed by atoms with Gasteiger partial charge in [0.2, 0.25) is 0 Å². The van der Waals surface area contributed by atoms with E-state index < -0.39 is 0 Å². The van der Waals surface area contributed by atoms with Crippen LogP contribution in [-0.4, -0.2) is 4.57 Å². The molecule has 0 saturated heterocycles. The molecule has 1 unspecified atom stereocenters. The van der Waals surface area contributed by atoms with E-state index in [1.165, 1.54) is 28.6 Å². The van der Waals surface area contributed by atoms with Gasteiger partial charge in [0.15, 0.2) is 0 Å². The molecular formula is C16H19N. The lowest BCUT2D eigenvalue weighted by atomic mass is 9.99. The Bertz CT molecular complexity index is 624. The molecule has 1 atom stereocenters. The fourth-order valence-electron chi connectivity index (χ4n) is 3.39. The van der Waals surface area contributed by atoms with E-state index >= 15 is 0 Å². The monoisotopic (exact) mass is 225 g/mol. The summed E-state index contributed by atoms with van der Waals surface area (Å²) < 4.78 is 2.37. The number of fused-ring (bicyclic) bond motifs is 3. The summed E-state index contributed by atoms with van der Waals surface area (Å²) in [5.41, 5.74) is 7.40. The highest BCUT2D eigenvalue weighted by molar-refractivity contribution is 5.93. The van der Waals surface area contributed by atoms with E-state index in [0.29, 0.717) is 5.92 Å². The van der Waals surface area contributed by atoms with Crippen molar-refractivity contribution in [2.24, 2.45) is 13.0 Å². The van der Waals surface area contributed by atoms with Crippen LogP contribution in [0.3, 0.4) is 0 Å². The van der Waals surface area contributed by atoms with Crippen molar-refractivity contribution in [2.75, 3.05) is 0 Å². The predicted octanol–water partition coefficient (Wildman–Crippen LogP) is 4.16. The van der Waals surface area contributed by atoms with Crippen molar-refractivity contribution >= 4 is 16.5 Å². The van der Waals surface area contributed by atoms with Gasteiger partial charge >= 0.3 is 0 Å². The molecule has 0 fully saturated rings. The van der Waals surface area contributed by atoms with Crippen molar-refractivity contribution < 1.29 is 0 Å². The SMILES string of the molecule is CC(C)=C1c2c(c3ccccc3n2C)CC1C. The third-order valence-electron chi connectivity index (χ3n) is 4.01. The maximum Gasteiger partial charge on any atom is 0.0485 e. The molecule has 0 amide bonds. The summed E-state index contributed by atoms with van der Waals surface area (Å²) in [6.45, 7) is 6.81. The summed E-state index contributed by atoms with van der Waals surface area (Å²) >= 11 is 0. The topological polar surface area (TPSA) is 4.93 Å². The molecule has 0 bridgehead atoms. The van der Waals surface area contributed by atoms with Crippen LogP contribution in [-0.2, 0) is 13.5 Å². The Morgan fingerprint density at radius 1 is 1.24 bits per heavy atom. The largest absolute Gasteiger partial charge is 0.344 e. The Hall–Kier alpha value is -1.50. The fourth-order valence-corrected chi connectivity index (χ4v) is 3.39. The zero-order valence-corrected chi connectivity index (χ0v) is 11.0. The lowest BCUT2D eigenvalue weighted by molar-refractivity contribution is 0.776. The van der Waals surface area contributed by atoms with Gasteiger partial charge in [-0.25, -0.2) is 0 Å². The number of allylic oxidation sites excluding steroid dienone is 2. The predicted molar refractivity (Wildman–Crippen MR) is 74.1 cm³/mol. The second kappa shape index (κ2) is 3.49. The van der Waals surface area contributed by atoms with E-state index in [0.717, 1.165) is 0 Å². The highest BCUT2D eigenvalue weighted by Crippen LogP contribution is 2.43. The van der Waals surface area contributed by atoms with E-state index in [-0.39, 0.29) is 0 Å². The highest BCUT2D eigenvalue weighted by Gasteiger charge is 2.29. The summed E-state index contributed by atoms with van der Waals surface area (Å²) in [7, 11) is 2.20. The zero-order chi connectivity index (χ0) is 12.2. The third kappa shape index (κ3) is 1.32. The lowest BCUT2D eigenvalue weighted by Crippen LogP contribution is -1.99. The smallest absolute Gasteiger partial charge is 0.0485 e. The first kappa shape index (κ1) is 10.6. The molecule has 0 radical (unpaired) electrons. The second-order valence-corrected chi connectivity index (χ2v) is 5.42. The van der Waals surface area contributed by atoms with Gasteiger partial charge in [0, 0.05) is 23.6 Å². The van der Waals surface area contributed by atoms with E-state index in [9.17, 15) is 0 Å². The minimum atomic E-state index is 0.667. The van der Waals surface area contributed by atoms with Crippen molar-refractivity contribution in [1.29, 1.82) is 0 Å². The molecule has 17 heavy (non-hydrogen) atoms. The molecule has 1 aliphatic rings. The van der Waals surface area contributed by atoms with Gasteiger partial charge in [-0.1, -0.05) is 30.7 Å². The van der Waals surface area contributed by atoms with Crippen molar-refractivity contribution in [1.82, 2.24) is 4.57 Å². The van der Waals surface area contributed by atoms with E-state index in [2.05, 4.69) is 56.7 Å². The van der Waals surface area contributed by atoms with Crippen LogP contribution in [0.25, 0.3) is 16.5 Å². The Morgan fingerprint density at radius 3 is 2.65 bits per heavy atom. The molecule has 1 heteroatoms. The first-order valence-corrected chi connectivity index (χ1v) is 6.35. The van der Waals surface area contributed by atoms with Gasteiger partial charge in [0.25, 0.3) is 0 Å². The number of benzene rings is 1. The van der Waals surface area contributed by atoms with Crippen LogP contribution in [0.4, 0.5) is 0 Å². The molecule has 0 saturated carbocycles. The molecule has 1 nitrogen and oxygen atoms in total. The van der Waals surface area contributed by atoms with Crippen LogP contribution in [0.2, 0.25) is 0 Å². The third-order valence-corrected chi connectivity index (χ3v) is 4.01. The van der Waals surface area contributed by atoms with Crippen molar-refractivity contribution in [3.8, 4) is 0 Å². The van der Waals surface area contributed by atoms with Gasteiger partial charge in [0.05, 0.1) is 0 Å². The van der Waals surface area contributed by atoms with Gasteiger partial charge in [-0.2, -0.15) is 0 Å². The second-order valence-electron chi connectivity index (χ2n) is 5.42. The van der Waals surface area contributed by atoms with Gasteiger partial charge in [-0.15, -0.1) is 0 Å². The van der Waals surface area contributed by atoms with Crippen LogP contribution in [0, 0.1) is 5.92 Å². The maximum atomic E-state index is 2.37. The molecular weight excluding hydrogens is 206 g/mol. The van der Waals surface area contributed by atoms with Crippen molar-refractivity contribution in [3.05, 3.63) is 41.1 Å². The average molecular weight is 225 g/mol. The molecule has 88 valence electrons. The number of hydrogen-bond acceptors (Lipinski definition) is 0. The molecule has 0 aliphatic heterocycles. The van der Waals surface area contributed by atoms with Gasteiger partial charge in [-0.3, -0.25) is 0 Å². The summed E-state index contributed by atoms with van der Waals surface area (Å²) in [6.07, 6.45) is 1.19. The van der Waals surface area contributed by atoms with Crippen LogP contribution >= 0.6 is 0 Å². The number of aromatic nitrogens is 1. The Labute approximate surface area is 103 Å². The molecule has 2 aromatic rings. The number of rotatable bonds is 0. The van der Waals surface area contributed by atoms with Crippen LogP contribution in [0.15, 0.2) is 29.8 Å². The molecule has 1 aromatic heterocycles. The number of aryl methyl sites for hydroxylation is 1. The number of nitrogens with zero attached hydrogens (tertiary/aromatic N) is 1. The first-order valence-electron chi connectivity index (χ1n) is 6.35. The van der Waals surface area contributed by atoms with Crippen molar-refractivity contribution in [3.63, 3.8) is 0 Å². The standard InChI is InChI=1S/C16H19N/c1-10(2)15-11(3)9-13-12-7-5-6-8-14(12)17(4)16(13)15/h5-8,11H,9H2,1-4H3. The van der Waals surface area contributed by atoms with Crippen LogP contribution < -0.4 is 0 Å². The van der Waals surface area contributed by atoms with Crippen LogP contribution in [0.1, 0.15) is 32.0 Å². The lowest BCUT2D eigenvalue weighted by Gasteiger charge is -2.11. The Kier molecular flexibility index (Phi) is 2.19. The molecule has 0 N–H and O–H groups in total. The number of hydrogen-bond donors (Lipinski definition) is 0. The normalized spacial score (nSPS) is 18.8. The van der Waals surface area contributed by atoms with E-state index in [1.54, 1.807) is 11.1 Å². The first-order chi connectivity index (χ1) is 8.11. The molecule has 1 aromatic carbocycles. The quantitative estimate of drug-likeness (QED) is 0.634. The van der Waals surface area contributed by atoms with Crippen LogP contribution in [0.5, 0.6) is 0 Å². The zero-order valence-electron chi connectivity index (χ0n) is 11.0. The Balaban J connectivity index is 2.42. The fraction of sp³-hybridized carbons (Fsp3) is 0.375. The molecule has 3 rings (SSSR count). The van der Waals surface area contributed by atoms with E-state index in [4.69, 9.17) is 0 Å². The summed E-state index contributed by atoms with van der Waals surface area (Å²) in [5, 5.41) is 1.44. The summed E-state index contributed by atoms with van der Waals surface area (Å²) in [4.78, 5) is 0. The minimum absolute atomic E-state index is 0.667. The van der Waals surface area contributed by atoms with Gasteiger partial charge in [0.1, 0.15) is 0 Å². The van der Waals surface area contributed by atoms with Gasteiger partial charge < -0.3 is 4.57 Å². The van der Waals surface area contributed by atoms with E-state index in [1.807, 2.05) is 0 Å².